The second-order valence-corrected chi connectivity index (χ2v) is 5.18. The van der Waals surface area contributed by atoms with Crippen LogP contribution in [0.4, 0.5) is 5.69 Å². The summed E-state index contributed by atoms with van der Waals surface area (Å²) in [4.78, 5) is 25.3. The van der Waals surface area contributed by atoms with Crippen LogP contribution in [0, 0.1) is 0 Å². The quantitative estimate of drug-likeness (QED) is 0.686. The molecule has 0 radical (unpaired) electrons. The van der Waals surface area contributed by atoms with Gasteiger partial charge in [-0.3, -0.25) is 4.98 Å². The monoisotopic (exact) mass is 290 g/mol. The highest BCUT2D eigenvalue weighted by Gasteiger charge is 2.07. The molecule has 3 rings (SSSR count). The Labute approximate surface area is 116 Å². The van der Waals surface area contributed by atoms with E-state index in [-0.39, 0.29) is 0 Å². The number of aromatic nitrogens is 1. The van der Waals surface area contributed by atoms with E-state index in [0.717, 1.165) is 10.6 Å². The zero-order chi connectivity index (χ0) is 14.1. The minimum Gasteiger partial charge on any atom is -0.478 e. The lowest BCUT2D eigenvalue weighted by molar-refractivity contribution is 0.0697. The standard InChI is InChI=1S/C13H10N2O4S/c16-12(17)7-3-9(20-6-7)5-14-8-1-2-11-10(4-8)15-13(18)19-11/h1-4,6,14H,5H2,(H,15,18)(H,16,17). The first-order chi connectivity index (χ1) is 9.61. The SMILES string of the molecule is O=C(O)c1csc(CNc2ccc3oc(=O)[nH]c3c2)c1. The molecule has 20 heavy (non-hydrogen) atoms. The number of oxazole rings is 1. The molecule has 102 valence electrons. The van der Waals surface area contributed by atoms with Crippen molar-refractivity contribution in [1.29, 1.82) is 0 Å². The molecule has 2 aromatic heterocycles. The van der Waals surface area contributed by atoms with Crippen molar-refractivity contribution in [3.8, 4) is 0 Å². The van der Waals surface area contributed by atoms with Gasteiger partial charge >= 0.3 is 11.7 Å². The van der Waals surface area contributed by atoms with E-state index >= 15 is 0 Å². The fraction of sp³-hybridized carbons (Fsp3) is 0.0769. The van der Waals surface area contributed by atoms with Gasteiger partial charge in [0.15, 0.2) is 5.58 Å². The van der Waals surface area contributed by atoms with Crippen molar-refractivity contribution in [3.63, 3.8) is 0 Å². The largest absolute Gasteiger partial charge is 0.478 e. The second-order valence-electron chi connectivity index (χ2n) is 4.19. The number of fused-ring (bicyclic) bond motifs is 1. The molecule has 1 aromatic carbocycles. The Hall–Kier alpha value is -2.54. The lowest BCUT2D eigenvalue weighted by atomic mass is 10.2. The van der Waals surface area contributed by atoms with Crippen LogP contribution >= 0.6 is 11.3 Å². The fourth-order valence-electron chi connectivity index (χ4n) is 1.84. The Bertz CT molecular complexity index is 830. The Morgan fingerprint density at radius 1 is 1.40 bits per heavy atom. The van der Waals surface area contributed by atoms with Crippen molar-refractivity contribution >= 4 is 34.1 Å². The van der Waals surface area contributed by atoms with E-state index in [1.54, 1.807) is 29.6 Å². The Morgan fingerprint density at radius 2 is 2.25 bits per heavy atom. The van der Waals surface area contributed by atoms with Crippen LogP contribution in [0.5, 0.6) is 0 Å². The number of aromatic amines is 1. The maximum Gasteiger partial charge on any atom is 0.417 e. The highest BCUT2D eigenvalue weighted by molar-refractivity contribution is 7.10. The maximum atomic E-state index is 11.0. The molecular formula is C13H10N2O4S. The number of anilines is 1. The smallest absolute Gasteiger partial charge is 0.417 e. The summed E-state index contributed by atoms with van der Waals surface area (Å²) in [6, 6.07) is 6.90. The van der Waals surface area contributed by atoms with Gasteiger partial charge in [0.1, 0.15) is 0 Å². The molecule has 0 saturated heterocycles. The van der Waals surface area contributed by atoms with Gasteiger partial charge in [-0.2, -0.15) is 0 Å². The first-order valence-corrected chi connectivity index (χ1v) is 6.67. The second kappa shape index (κ2) is 4.86. The molecule has 6 nitrogen and oxygen atoms in total. The number of thiophene rings is 1. The number of benzene rings is 1. The van der Waals surface area contributed by atoms with Gasteiger partial charge < -0.3 is 14.8 Å². The van der Waals surface area contributed by atoms with Crippen molar-refractivity contribution in [1.82, 2.24) is 4.98 Å². The topological polar surface area (TPSA) is 95.3 Å². The summed E-state index contributed by atoms with van der Waals surface area (Å²) in [7, 11) is 0. The van der Waals surface area contributed by atoms with E-state index in [0.29, 0.717) is 23.2 Å². The van der Waals surface area contributed by atoms with E-state index in [2.05, 4.69) is 10.3 Å². The lowest BCUT2D eigenvalue weighted by Crippen LogP contribution is -1.98. The van der Waals surface area contributed by atoms with Crippen LogP contribution in [-0.4, -0.2) is 16.1 Å². The fourth-order valence-corrected chi connectivity index (χ4v) is 2.63. The van der Waals surface area contributed by atoms with Gasteiger partial charge in [-0.15, -0.1) is 11.3 Å². The first-order valence-electron chi connectivity index (χ1n) is 5.79. The third kappa shape index (κ3) is 2.43. The van der Waals surface area contributed by atoms with Crippen LogP contribution in [-0.2, 0) is 6.54 Å². The number of nitrogens with one attached hydrogen (secondary N) is 2. The first kappa shape index (κ1) is 12.5. The van der Waals surface area contributed by atoms with Gasteiger partial charge in [0, 0.05) is 22.5 Å². The number of carboxylic acids is 1. The minimum absolute atomic E-state index is 0.293. The van der Waals surface area contributed by atoms with Crippen molar-refractivity contribution in [2.75, 3.05) is 5.32 Å². The summed E-state index contributed by atoms with van der Waals surface area (Å²) >= 11 is 1.39. The summed E-state index contributed by atoms with van der Waals surface area (Å²) in [5, 5.41) is 13.6. The van der Waals surface area contributed by atoms with Crippen molar-refractivity contribution in [2.45, 2.75) is 6.54 Å². The van der Waals surface area contributed by atoms with Crippen molar-refractivity contribution in [2.24, 2.45) is 0 Å². The van der Waals surface area contributed by atoms with Crippen LogP contribution in [0.1, 0.15) is 15.2 Å². The van der Waals surface area contributed by atoms with E-state index in [1.807, 2.05) is 0 Å². The van der Waals surface area contributed by atoms with Gasteiger partial charge in [-0.1, -0.05) is 0 Å². The van der Waals surface area contributed by atoms with Gasteiger partial charge in [-0.25, -0.2) is 9.59 Å². The molecule has 0 fully saturated rings. The number of aromatic carboxylic acids is 1. The van der Waals surface area contributed by atoms with Crippen molar-refractivity contribution < 1.29 is 14.3 Å². The molecule has 2 heterocycles. The molecule has 3 aromatic rings. The predicted octanol–water partition coefficient (Wildman–Crippen LogP) is 2.49. The summed E-state index contributed by atoms with van der Waals surface area (Å²) in [5.41, 5.74) is 2.24. The number of carbonyl (C=O) groups is 1. The number of hydrogen-bond donors (Lipinski definition) is 3. The summed E-state index contributed by atoms with van der Waals surface area (Å²) in [6.45, 7) is 0.519. The van der Waals surface area contributed by atoms with Gasteiger partial charge in [-0.05, 0) is 24.3 Å². The van der Waals surface area contributed by atoms with Crippen molar-refractivity contribution in [3.05, 3.63) is 50.6 Å². The zero-order valence-electron chi connectivity index (χ0n) is 10.2. The predicted molar refractivity (Wildman–Crippen MR) is 75.4 cm³/mol. The molecule has 0 saturated carbocycles. The minimum atomic E-state index is -0.926. The molecule has 0 atom stereocenters. The van der Waals surface area contributed by atoms with Crippen LogP contribution in [0.15, 0.2) is 38.9 Å². The average molecular weight is 290 g/mol. The van der Waals surface area contributed by atoms with Crippen LogP contribution in [0.3, 0.4) is 0 Å². The van der Waals surface area contributed by atoms with E-state index in [9.17, 15) is 9.59 Å². The number of carboxylic acid groups (broad SMARTS) is 1. The molecule has 3 N–H and O–H groups in total. The molecular weight excluding hydrogens is 280 g/mol. The molecule has 0 aliphatic carbocycles. The van der Waals surface area contributed by atoms with Gasteiger partial charge in [0.25, 0.3) is 0 Å². The Morgan fingerprint density at radius 3 is 3.00 bits per heavy atom. The van der Waals surface area contributed by atoms with Gasteiger partial charge in [0.05, 0.1) is 11.1 Å². The Kier molecular flexibility index (Phi) is 3.03. The molecule has 0 unspecified atom stereocenters. The summed E-state index contributed by atoms with van der Waals surface area (Å²) in [6.07, 6.45) is 0. The Balaban J connectivity index is 1.75. The third-order valence-corrected chi connectivity index (χ3v) is 3.72. The van der Waals surface area contributed by atoms with Crippen LogP contribution in [0.2, 0.25) is 0 Å². The molecule has 7 heteroatoms. The van der Waals surface area contributed by atoms with E-state index in [4.69, 9.17) is 9.52 Å². The zero-order valence-corrected chi connectivity index (χ0v) is 11.0. The van der Waals surface area contributed by atoms with E-state index < -0.39 is 11.7 Å². The normalized spacial score (nSPS) is 10.8. The molecule has 0 aliphatic rings. The number of rotatable bonds is 4. The summed E-state index contributed by atoms with van der Waals surface area (Å²) in [5.74, 6) is -1.41. The maximum absolute atomic E-state index is 11.0. The van der Waals surface area contributed by atoms with E-state index in [1.165, 1.54) is 11.3 Å². The molecule has 0 amide bonds. The third-order valence-electron chi connectivity index (χ3n) is 2.79. The number of hydrogen-bond acceptors (Lipinski definition) is 5. The summed E-state index contributed by atoms with van der Waals surface area (Å²) < 4.78 is 4.91. The van der Waals surface area contributed by atoms with Crippen LogP contribution in [0.25, 0.3) is 11.1 Å². The molecule has 0 spiro atoms. The number of H-pyrrole nitrogens is 1. The highest BCUT2D eigenvalue weighted by Crippen LogP contribution is 2.19. The van der Waals surface area contributed by atoms with Gasteiger partial charge in [0.2, 0.25) is 0 Å². The highest BCUT2D eigenvalue weighted by atomic mass is 32.1. The molecule has 0 bridgehead atoms. The van der Waals surface area contributed by atoms with Crippen LogP contribution < -0.4 is 11.1 Å². The lowest BCUT2D eigenvalue weighted by Gasteiger charge is -2.03. The average Bonchev–Trinajstić information content (AvgIpc) is 3.00. The molecule has 0 aliphatic heterocycles.